The van der Waals surface area contributed by atoms with Gasteiger partial charge in [-0.2, -0.15) is 0 Å². The van der Waals surface area contributed by atoms with E-state index >= 15 is 0 Å². The highest BCUT2D eigenvalue weighted by atomic mass is 32.2. The predicted molar refractivity (Wildman–Crippen MR) is 119 cm³/mol. The number of hydrogen-bond acceptors (Lipinski definition) is 8. The Morgan fingerprint density at radius 2 is 1.84 bits per heavy atom. The lowest BCUT2D eigenvalue weighted by Crippen LogP contribution is -2.36. The summed E-state index contributed by atoms with van der Waals surface area (Å²) in [5, 5.41) is 3.06. The number of ether oxygens (including phenoxy) is 2. The van der Waals surface area contributed by atoms with Crippen LogP contribution in [0.4, 0.5) is 9.80 Å². The van der Waals surface area contributed by atoms with Crippen LogP contribution < -0.4 is 5.32 Å². The Balaban J connectivity index is 1.87. The van der Waals surface area contributed by atoms with E-state index in [1.165, 1.54) is 42.7 Å². The molecule has 1 aromatic carbocycles. The number of hydrogen-bond donors (Lipinski definition) is 1. The van der Waals surface area contributed by atoms with Gasteiger partial charge >= 0.3 is 12.1 Å². The number of esters is 1. The molecular weight excluding hydrogens is 456 g/mol. The third-order valence-electron chi connectivity index (χ3n) is 5.06. The molecule has 0 saturated heterocycles. The zero-order chi connectivity index (χ0) is 23.5. The van der Waals surface area contributed by atoms with Gasteiger partial charge in [0.1, 0.15) is 5.00 Å². The summed E-state index contributed by atoms with van der Waals surface area (Å²) >= 11 is 1.20. The van der Waals surface area contributed by atoms with E-state index < -0.39 is 27.8 Å². The summed E-state index contributed by atoms with van der Waals surface area (Å²) in [4.78, 5) is 39.8. The minimum absolute atomic E-state index is 0.0371. The van der Waals surface area contributed by atoms with Crippen LogP contribution >= 0.6 is 11.3 Å². The Bertz CT molecular complexity index is 1140. The van der Waals surface area contributed by atoms with Crippen LogP contribution in [0.1, 0.15) is 45.0 Å². The summed E-state index contributed by atoms with van der Waals surface area (Å²) < 4.78 is 33.9. The summed E-state index contributed by atoms with van der Waals surface area (Å²) in [5.74, 6) is -1.10. The second-order valence-electron chi connectivity index (χ2n) is 6.95. The first-order chi connectivity index (χ1) is 15.2. The number of sulfone groups is 1. The Hall–Kier alpha value is -2.92. The molecule has 0 unspecified atom stereocenters. The normalized spacial score (nSPS) is 13.3. The van der Waals surface area contributed by atoms with Crippen molar-refractivity contribution in [1.29, 1.82) is 0 Å². The van der Waals surface area contributed by atoms with Gasteiger partial charge in [-0.25, -0.2) is 18.0 Å². The Kier molecular flexibility index (Phi) is 7.19. The van der Waals surface area contributed by atoms with E-state index in [9.17, 15) is 22.8 Å². The first-order valence-corrected chi connectivity index (χ1v) is 12.5. The van der Waals surface area contributed by atoms with Crippen molar-refractivity contribution in [2.45, 2.75) is 31.7 Å². The van der Waals surface area contributed by atoms with E-state index in [0.717, 1.165) is 10.4 Å². The second-order valence-corrected chi connectivity index (χ2v) is 10.3. The number of nitrogens with zero attached hydrogens (tertiary/aromatic N) is 1. The van der Waals surface area contributed by atoms with Gasteiger partial charge in [0.25, 0.3) is 5.91 Å². The van der Waals surface area contributed by atoms with Crippen LogP contribution in [0.15, 0.2) is 29.2 Å². The Morgan fingerprint density at radius 3 is 2.44 bits per heavy atom. The lowest BCUT2D eigenvalue weighted by atomic mass is 10.0. The number of anilines is 1. The van der Waals surface area contributed by atoms with Crippen LogP contribution in [-0.2, 0) is 32.3 Å². The summed E-state index contributed by atoms with van der Waals surface area (Å²) in [5.41, 5.74) is 1.26. The lowest BCUT2D eigenvalue weighted by molar-refractivity contribution is 0.0600. The second kappa shape index (κ2) is 9.70. The standard InChI is InChI=1S/C21H24N2O7S2/c1-4-30-21(26)23-11-10-15-16(12-23)31-19(17(15)20(25)29-3)22-18(24)13-6-8-14(9-7-13)32(27,28)5-2/h6-9H,4-5,10-12H2,1-3H3,(H,22,24). The number of nitrogens with one attached hydrogen (secondary N) is 1. The fraction of sp³-hybridized carbons (Fsp3) is 0.381. The van der Waals surface area contributed by atoms with Crippen LogP contribution in [0.2, 0.25) is 0 Å². The van der Waals surface area contributed by atoms with Crippen molar-refractivity contribution >= 4 is 44.1 Å². The van der Waals surface area contributed by atoms with Crippen LogP contribution in [0, 0.1) is 0 Å². The van der Waals surface area contributed by atoms with Gasteiger partial charge < -0.3 is 19.7 Å². The number of rotatable bonds is 6. The lowest BCUT2D eigenvalue weighted by Gasteiger charge is -2.26. The molecule has 0 atom stereocenters. The summed E-state index contributed by atoms with van der Waals surface area (Å²) in [6.07, 6.45) is -0.00647. The van der Waals surface area contributed by atoms with Crippen LogP contribution in [-0.4, -0.2) is 57.3 Å². The fourth-order valence-electron chi connectivity index (χ4n) is 3.34. The number of methoxy groups -OCH3 is 1. The number of amides is 2. The van der Waals surface area contributed by atoms with Gasteiger partial charge in [0.2, 0.25) is 0 Å². The average Bonchev–Trinajstić information content (AvgIpc) is 3.15. The molecule has 0 aliphatic carbocycles. The summed E-state index contributed by atoms with van der Waals surface area (Å²) in [7, 11) is -2.11. The molecule has 32 heavy (non-hydrogen) atoms. The number of carbonyl (C=O) groups excluding carboxylic acids is 3. The Labute approximate surface area is 190 Å². The van der Waals surface area contributed by atoms with Gasteiger partial charge in [-0.05, 0) is 43.2 Å². The van der Waals surface area contributed by atoms with Crippen molar-refractivity contribution in [3.8, 4) is 0 Å². The van der Waals surface area contributed by atoms with Crippen molar-refractivity contribution in [2.75, 3.05) is 31.3 Å². The van der Waals surface area contributed by atoms with Crippen LogP contribution in [0.25, 0.3) is 0 Å². The highest BCUT2D eigenvalue weighted by Gasteiger charge is 2.31. The average molecular weight is 481 g/mol. The zero-order valence-corrected chi connectivity index (χ0v) is 19.6. The molecule has 9 nitrogen and oxygen atoms in total. The third kappa shape index (κ3) is 4.78. The quantitative estimate of drug-likeness (QED) is 0.631. The molecule has 11 heteroatoms. The van der Waals surface area contributed by atoms with Gasteiger partial charge in [0.05, 0.1) is 36.5 Å². The molecule has 0 spiro atoms. The first kappa shape index (κ1) is 23.7. The molecule has 0 bridgehead atoms. The van der Waals surface area contributed by atoms with E-state index in [2.05, 4.69) is 5.32 Å². The summed E-state index contributed by atoms with van der Waals surface area (Å²) in [6, 6.07) is 5.61. The summed E-state index contributed by atoms with van der Waals surface area (Å²) in [6.45, 7) is 4.19. The molecule has 2 aromatic rings. The fourth-order valence-corrected chi connectivity index (χ4v) is 5.47. The largest absolute Gasteiger partial charge is 0.465 e. The van der Waals surface area contributed by atoms with E-state index in [-0.39, 0.29) is 34.9 Å². The highest BCUT2D eigenvalue weighted by molar-refractivity contribution is 7.91. The van der Waals surface area contributed by atoms with Crippen molar-refractivity contribution < 1.29 is 32.3 Å². The van der Waals surface area contributed by atoms with Crippen molar-refractivity contribution in [1.82, 2.24) is 4.90 Å². The number of fused-ring (bicyclic) bond motifs is 1. The molecule has 2 amide bonds. The first-order valence-electron chi connectivity index (χ1n) is 10.0. The molecule has 1 aliphatic heterocycles. The minimum Gasteiger partial charge on any atom is -0.465 e. The minimum atomic E-state index is -3.37. The molecule has 0 radical (unpaired) electrons. The van der Waals surface area contributed by atoms with Gasteiger partial charge in [-0.3, -0.25) is 4.79 Å². The Morgan fingerprint density at radius 1 is 1.16 bits per heavy atom. The SMILES string of the molecule is CCOC(=O)N1CCc2c(sc(NC(=O)c3ccc(S(=O)(=O)CC)cc3)c2C(=O)OC)C1. The van der Waals surface area contributed by atoms with E-state index in [0.29, 0.717) is 18.0 Å². The van der Waals surface area contributed by atoms with Gasteiger partial charge in [0.15, 0.2) is 9.84 Å². The topological polar surface area (TPSA) is 119 Å². The molecule has 1 N–H and O–H groups in total. The van der Waals surface area contributed by atoms with E-state index in [1.807, 2.05) is 0 Å². The van der Waals surface area contributed by atoms with Gasteiger partial charge in [0, 0.05) is 17.0 Å². The third-order valence-corrected chi connectivity index (χ3v) is 7.94. The molecule has 0 saturated carbocycles. The maximum atomic E-state index is 12.8. The van der Waals surface area contributed by atoms with E-state index in [1.54, 1.807) is 18.7 Å². The van der Waals surface area contributed by atoms with Crippen molar-refractivity contribution in [3.05, 3.63) is 45.8 Å². The number of thiophene rings is 1. The van der Waals surface area contributed by atoms with E-state index in [4.69, 9.17) is 9.47 Å². The van der Waals surface area contributed by atoms with Gasteiger partial charge in [-0.1, -0.05) is 6.92 Å². The maximum absolute atomic E-state index is 12.8. The molecule has 1 aliphatic rings. The van der Waals surface area contributed by atoms with Crippen LogP contribution in [0.5, 0.6) is 0 Å². The number of benzene rings is 1. The predicted octanol–water partition coefficient (Wildman–Crippen LogP) is 3.10. The number of carbonyl (C=O) groups is 3. The smallest absolute Gasteiger partial charge is 0.410 e. The molecule has 0 fully saturated rings. The van der Waals surface area contributed by atoms with Crippen LogP contribution in [0.3, 0.4) is 0 Å². The molecule has 172 valence electrons. The molecule has 3 rings (SSSR count). The molecule has 1 aromatic heterocycles. The van der Waals surface area contributed by atoms with Crippen molar-refractivity contribution in [3.63, 3.8) is 0 Å². The highest BCUT2D eigenvalue weighted by Crippen LogP contribution is 2.38. The zero-order valence-electron chi connectivity index (χ0n) is 18.0. The van der Waals surface area contributed by atoms with Gasteiger partial charge in [-0.15, -0.1) is 11.3 Å². The monoisotopic (exact) mass is 480 g/mol. The molecule has 2 heterocycles. The maximum Gasteiger partial charge on any atom is 0.410 e. The molecular formula is C21H24N2O7S2. The van der Waals surface area contributed by atoms with Crippen molar-refractivity contribution in [2.24, 2.45) is 0 Å².